The van der Waals surface area contributed by atoms with E-state index in [1.807, 2.05) is 19.1 Å². The number of allylic oxidation sites excluding steroid dienone is 9. The van der Waals surface area contributed by atoms with Crippen LogP contribution in [-0.2, 0) is 61.6 Å². The molecule has 23 rings (SSSR count). The van der Waals surface area contributed by atoms with Gasteiger partial charge < -0.3 is 153 Å². The van der Waals surface area contributed by atoms with Crippen molar-refractivity contribution < 1.29 is 153 Å². The smallest absolute Gasteiger partial charge is 0.187 e. The Morgan fingerprint density at radius 2 is 0.747 bits per heavy atom. The molecule has 22 saturated heterocycles. The highest BCUT2D eigenvalue weighted by Gasteiger charge is 2.59. The summed E-state index contributed by atoms with van der Waals surface area (Å²) in [4.78, 5) is 0. The van der Waals surface area contributed by atoms with Gasteiger partial charge in [0, 0.05) is 0 Å². The molecule has 0 spiro atoms. The summed E-state index contributed by atoms with van der Waals surface area (Å²) in [6.45, 7) is 4.36. The maximum atomic E-state index is 11.8. The van der Waals surface area contributed by atoms with E-state index in [2.05, 4.69) is 26.8 Å². The predicted molar refractivity (Wildman–Crippen MR) is 287 cm³/mol. The van der Waals surface area contributed by atoms with Crippen molar-refractivity contribution in [3.8, 4) is 0 Å². The molecule has 22 heterocycles. The number of hydrogen-bond acceptors (Lipinski definition) is 31. The van der Waals surface area contributed by atoms with E-state index in [0.29, 0.717) is 5.57 Å². The summed E-state index contributed by atoms with van der Waals surface area (Å²) in [5.74, 6) is 0. The molecule has 0 aromatic rings. The van der Waals surface area contributed by atoms with Gasteiger partial charge in [0.15, 0.2) is 44.0 Å². The van der Waals surface area contributed by atoms with Crippen molar-refractivity contribution in [2.24, 2.45) is 5.41 Å². The fourth-order valence-corrected chi connectivity index (χ4v) is 12.1. The molecule has 0 radical (unpaired) electrons. The minimum absolute atomic E-state index is 0.0501. The monoisotopic (exact) mass is 1260 g/mol. The molecule has 0 aromatic heterocycles. The van der Waals surface area contributed by atoms with Gasteiger partial charge in [0.2, 0.25) is 0 Å². The Morgan fingerprint density at radius 3 is 1.05 bits per heavy atom. The van der Waals surface area contributed by atoms with Crippen molar-refractivity contribution in [1.82, 2.24) is 0 Å². The van der Waals surface area contributed by atoms with E-state index < -0.39 is 230 Å². The van der Waals surface area contributed by atoms with Crippen LogP contribution in [0.25, 0.3) is 0 Å². The summed E-state index contributed by atoms with van der Waals surface area (Å²) >= 11 is 0. The highest BCUT2D eigenvalue weighted by Crippen LogP contribution is 2.42. The average Bonchev–Trinajstić information content (AvgIpc) is 1.05. The van der Waals surface area contributed by atoms with Crippen molar-refractivity contribution in [3.63, 3.8) is 0 Å². The van der Waals surface area contributed by atoms with Crippen molar-refractivity contribution >= 4 is 0 Å². The molecular formula is C56H88O31. The Labute approximate surface area is 500 Å². The van der Waals surface area contributed by atoms with Gasteiger partial charge in [-0.15, -0.1) is 0 Å². The van der Waals surface area contributed by atoms with E-state index in [1.165, 1.54) is 17.2 Å². The molecule has 0 amide bonds. The Bertz CT molecular complexity index is 2340. The Balaban J connectivity index is 1.07. The van der Waals surface area contributed by atoms with Crippen LogP contribution in [-0.4, -0.2) is 322 Å². The van der Waals surface area contributed by atoms with Gasteiger partial charge in [-0.05, 0) is 57.1 Å². The van der Waals surface area contributed by atoms with Crippen LogP contribution in [0.1, 0.15) is 53.9 Å². The third kappa shape index (κ3) is 15.6. The normalized spacial score (nSPS) is 47.6. The van der Waals surface area contributed by atoms with Crippen LogP contribution in [0.3, 0.4) is 0 Å². The van der Waals surface area contributed by atoms with Crippen LogP contribution in [0.2, 0.25) is 0 Å². The summed E-state index contributed by atoms with van der Waals surface area (Å²) in [6.07, 6.45) is -47.3. The fourth-order valence-electron chi connectivity index (χ4n) is 12.1. The summed E-state index contributed by atoms with van der Waals surface area (Å²) in [6, 6.07) is 0. The van der Waals surface area contributed by atoms with Crippen LogP contribution in [0.15, 0.2) is 58.7 Å². The average molecular weight is 1260 g/mol. The summed E-state index contributed by atoms with van der Waals surface area (Å²) in [7, 11) is 0. The van der Waals surface area contributed by atoms with Crippen LogP contribution >= 0.6 is 0 Å². The molecular weight excluding hydrogens is 1170 g/mol. The minimum Gasteiger partial charge on any atom is -0.394 e. The highest BCUT2D eigenvalue weighted by molar-refractivity contribution is 5.37. The standard InChI is InChI=1S/C56H88O31/c1-21(11-12-24-23(3)10-7-13-56(24,4)5)8-6-9-22(2)14-31(62)75-20-30-49-37(68)43(74)55(81-30)86-48-29(19-61)79-53(41(72)35(48)66)84-46-27(17-59)77-51(39(70)33(46)64)82-44-25(15-57)76-50(38(69)32(44)63)83-45-26(16-58)78-52(40(71)34(45)65)85-47-28(18-60)80-54(87-49)42(73)36(47)67/h6,8-9,11-12,14,25-55,57-74H,7,10,13,15-20H2,1-5H3/b9-6+,12-11+,21-8+,22-14+. The first-order valence-electron chi connectivity index (χ1n) is 29.1. The topological polar surface area (TPSA) is 484 Å². The fraction of sp³-hybridized carbons (Fsp3) is 0.821. The maximum absolute atomic E-state index is 11.8. The first kappa shape index (κ1) is 70.3. The largest absolute Gasteiger partial charge is 0.394 e. The Kier molecular flexibility index (Phi) is 24.6. The van der Waals surface area contributed by atoms with Crippen LogP contribution in [0.5, 0.6) is 0 Å². The molecule has 0 aromatic carbocycles. The molecule has 1 aliphatic carbocycles. The quantitative estimate of drug-likeness (QED) is 0.0602. The van der Waals surface area contributed by atoms with Crippen molar-refractivity contribution in [2.45, 2.75) is 244 Å². The SMILES string of the molecule is CC1=C(/C=C/C(C)=C/C=C/C(C)=C/C(O)OCC2OC3OC4C(CO)OC(OC5C(CO)OC(OC6C(CO)OC(OC7C(CO)OC(OC8C(CO)OC(OC2C(O)C3O)C(O)C8O)C(O)C7O)C(O)C6O)C(O)C5O)C(O)C4O)C(C)(C)CCC1. The van der Waals surface area contributed by atoms with Gasteiger partial charge in [0.05, 0.1) is 39.6 Å². The number of aliphatic hydroxyl groups is 18. The van der Waals surface area contributed by atoms with Crippen LogP contribution in [0.4, 0.5) is 0 Å². The lowest BCUT2D eigenvalue weighted by Gasteiger charge is -2.50. The van der Waals surface area contributed by atoms with E-state index in [-0.39, 0.29) is 5.41 Å². The number of aliphatic hydroxyl groups excluding tert-OH is 18. The Hall–Kier alpha value is -2.54. The van der Waals surface area contributed by atoms with Gasteiger partial charge in [-0.1, -0.05) is 60.9 Å². The van der Waals surface area contributed by atoms with Gasteiger partial charge in [0.1, 0.15) is 146 Å². The molecule has 0 saturated carbocycles. The second-order valence-corrected chi connectivity index (χ2v) is 23.8. The van der Waals surface area contributed by atoms with E-state index in [9.17, 15) is 91.9 Å². The van der Waals surface area contributed by atoms with Gasteiger partial charge in [0.25, 0.3) is 0 Å². The van der Waals surface area contributed by atoms with Crippen molar-refractivity contribution in [2.75, 3.05) is 39.6 Å². The van der Waals surface area contributed by atoms with Crippen molar-refractivity contribution in [3.05, 3.63) is 58.7 Å². The molecule has 498 valence electrons. The second-order valence-electron chi connectivity index (χ2n) is 23.8. The van der Waals surface area contributed by atoms with E-state index >= 15 is 0 Å². The zero-order valence-corrected chi connectivity index (χ0v) is 48.6. The van der Waals surface area contributed by atoms with Gasteiger partial charge in [-0.2, -0.15) is 0 Å². The van der Waals surface area contributed by atoms with E-state index in [0.717, 1.165) is 24.8 Å². The first-order valence-corrected chi connectivity index (χ1v) is 29.1. The first-order chi connectivity index (χ1) is 41.3. The number of ether oxygens (including phenoxy) is 13. The third-order valence-corrected chi connectivity index (χ3v) is 17.1. The summed E-state index contributed by atoms with van der Waals surface area (Å²) in [5.41, 5.74) is 4.16. The number of hydrogen-bond donors (Lipinski definition) is 18. The van der Waals surface area contributed by atoms with Gasteiger partial charge in [-0.3, -0.25) is 0 Å². The molecule has 31 unspecified atom stereocenters. The lowest BCUT2D eigenvalue weighted by atomic mass is 9.72. The molecule has 23 aliphatic rings. The molecule has 31 atom stereocenters. The van der Waals surface area contributed by atoms with Crippen molar-refractivity contribution in [1.29, 1.82) is 0 Å². The highest BCUT2D eigenvalue weighted by atomic mass is 16.8. The Morgan fingerprint density at radius 1 is 0.448 bits per heavy atom. The molecule has 22 fully saturated rings. The molecule has 12 bridgehead atoms. The van der Waals surface area contributed by atoms with Crippen LogP contribution in [0, 0.1) is 5.41 Å². The lowest BCUT2D eigenvalue weighted by molar-refractivity contribution is -0.404. The minimum atomic E-state index is -2.21. The van der Waals surface area contributed by atoms with Crippen LogP contribution < -0.4 is 0 Å². The molecule has 87 heavy (non-hydrogen) atoms. The lowest BCUT2D eigenvalue weighted by Crippen LogP contribution is -2.69. The van der Waals surface area contributed by atoms with Gasteiger partial charge >= 0.3 is 0 Å². The molecule has 31 heteroatoms. The van der Waals surface area contributed by atoms with Gasteiger partial charge in [-0.25, -0.2) is 0 Å². The van der Waals surface area contributed by atoms with E-state index in [4.69, 9.17) is 61.6 Å². The van der Waals surface area contributed by atoms with E-state index in [1.54, 1.807) is 19.1 Å². The zero-order valence-electron chi connectivity index (χ0n) is 48.6. The molecule has 18 N–H and O–H groups in total. The zero-order chi connectivity index (χ0) is 63.5. The number of rotatable bonds is 13. The maximum Gasteiger partial charge on any atom is 0.187 e. The summed E-state index contributed by atoms with van der Waals surface area (Å²) < 4.78 is 75.6. The second kappa shape index (κ2) is 30.5. The summed E-state index contributed by atoms with van der Waals surface area (Å²) in [5, 5.41) is 201. The molecule has 31 nitrogen and oxygen atoms in total. The molecule has 22 aliphatic heterocycles. The third-order valence-electron chi connectivity index (χ3n) is 17.1. The predicted octanol–water partition coefficient (Wildman–Crippen LogP) is -7.18.